The van der Waals surface area contributed by atoms with Gasteiger partial charge in [-0.1, -0.05) is 11.6 Å². The third-order valence-electron chi connectivity index (χ3n) is 3.70. The lowest BCUT2D eigenvalue weighted by molar-refractivity contribution is 0.0527. The predicted octanol–water partition coefficient (Wildman–Crippen LogP) is 2.96. The molecule has 0 aliphatic carbocycles. The van der Waals surface area contributed by atoms with Gasteiger partial charge in [-0.25, -0.2) is 14.3 Å². The first kappa shape index (κ1) is 15.6. The maximum Gasteiger partial charge on any atom is 0.342 e. The summed E-state index contributed by atoms with van der Waals surface area (Å²) in [7, 11) is 0. The lowest BCUT2D eigenvalue weighted by Crippen LogP contribution is -2.06. The van der Waals surface area contributed by atoms with Crippen LogP contribution in [0.1, 0.15) is 28.5 Å². The van der Waals surface area contributed by atoms with Crippen molar-refractivity contribution in [3.05, 3.63) is 46.1 Å². The summed E-state index contributed by atoms with van der Waals surface area (Å²) in [5.74, 6) is 0.133. The first-order chi connectivity index (χ1) is 11.1. The molecule has 2 N–H and O–H groups in total. The fraction of sp³-hybridized carbons (Fsp3) is 0.250. The molecule has 120 valence electrons. The lowest BCUT2D eigenvalue weighted by atomic mass is 10.1. The number of aromatic nitrogens is 3. The van der Waals surface area contributed by atoms with E-state index in [0.29, 0.717) is 33.3 Å². The summed E-state index contributed by atoms with van der Waals surface area (Å²) < 4.78 is 6.72. The molecule has 0 fully saturated rings. The number of nitrogens with zero attached hydrogens (tertiary/aromatic N) is 2. The molecule has 6 nitrogen and oxygen atoms in total. The van der Waals surface area contributed by atoms with Gasteiger partial charge in [0, 0.05) is 10.6 Å². The molecule has 0 saturated heterocycles. The van der Waals surface area contributed by atoms with Gasteiger partial charge in [-0.15, -0.1) is 0 Å². The van der Waals surface area contributed by atoms with E-state index < -0.39 is 5.97 Å². The van der Waals surface area contributed by atoms with Crippen molar-refractivity contribution in [2.45, 2.75) is 20.5 Å². The first-order valence-corrected chi connectivity index (χ1v) is 7.58. The summed E-state index contributed by atoms with van der Waals surface area (Å²) in [5.41, 5.74) is 2.87. The molecular formula is C16H16ClN3O3. The van der Waals surface area contributed by atoms with Crippen LogP contribution in [-0.2, 0) is 11.3 Å². The highest BCUT2D eigenvalue weighted by Crippen LogP contribution is 2.26. The Balaban J connectivity index is 2.18. The van der Waals surface area contributed by atoms with E-state index in [1.54, 1.807) is 30.5 Å². The maximum atomic E-state index is 12.2. The van der Waals surface area contributed by atoms with Gasteiger partial charge in [0.1, 0.15) is 5.56 Å². The molecule has 0 aliphatic heterocycles. The Hall–Kier alpha value is -2.31. The van der Waals surface area contributed by atoms with E-state index in [1.165, 1.54) is 0 Å². The monoisotopic (exact) mass is 333 g/mol. The molecule has 0 atom stereocenters. The van der Waals surface area contributed by atoms with Crippen molar-refractivity contribution < 1.29 is 14.6 Å². The van der Waals surface area contributed by atoms with Gasteiger partial charge in [0.25, 0.3) is 0 Å². The summed E-state index contributed by atoms with van der Waals surface area (Å²) in [6.45, 7) is 3.58. The minimum atomic E-state index is -0.448. The van der Waals surface area contributed by atoms with Gasteiger partial charge >= 0.3 is 5.97 Å². The average Bonchev–Trinajstić information content (AvgIpc) is 3.04. The van der Waals surface area contributed by atoms with Gasteiger partial charge in [0.15, 0.2) is 11.5 Å². The molecule has 1 aromatic carbocycles. The molecule has 7 heteroatoms. The largest absolute Gasteiger partial charge is 0.462 e. The molecule has 3 rings (SSSR count). The van der Waals surface area contributed by atoms with E-state index in [2.05, 4.69) is 10.1 Å². The Morgan fingerprint density at radius 3 is 2.70 bits per heavy atom. The number of halogens is 1. The molecule has 0 spiro atoms. The molecule has 2 aromatic heterocycles. The molecule has 0 amide bonds. The zero-order chi connectivity index (χ0) is 16.6. The smallest absolute Gasteiger partial charge is 0.342 e. The van der Waals surface area contributed by atoms with Crippen molar-refractivity contribution in [3.8, 4) is 11.4 Å². The standard InChI is InChI=1S/C16H16ClN3O3/c1-3-23-16(22)13-9(2)12(8-21)20-15(13)18-14(19-20)10-4-6-11(17)7-5-10/h4-7,21H,3,8H2,1-2H3,(H,18,19). The van der Waals surface area contributed by atoms with E-state index in [9.17, 15) is 9.90 Å². The number of hydrogen-bond donors (Lipinski definition) is 2. The Labute approximate surface area is 137 Å². The second-order valence-corrected chi connectivity index (χ2v) is 5.50. The Morgan fingerprint density at radius 1 is 1.39 bits per heavy atom. The Bertz CT molecular complexity index is 865. The topological polar surface area (TPSA) is 79.6 Å². The van der Waals surface area contributed by atoms with Gasteiger partial charge in [-0.2, -0.15) is 0 Å². The summed E-state index contributed by atoms with van der Waals surface area (Å²) >= 11 is 5.90. The molecule has 2 heterocycles. The minimum absolute atomic E-state index is 0.214. The van der Waals surface area contributed by atoms with E-state index in [0.717, 1.165) is 5.56 Å². The van der Waals surface area contributed by atoms with Gasteiger partial charge in [0.2, 0.25) is 0 Å². The molecule has 3 aromatic rings. The highest BCUT2D eigenvalue weighted by molar-refractivity contribution is 6.30. The molecule has 0 saturated carbocycles. The quantitative estimate of drug-likeness (QED) is 0.719. The number of fused-ring (bicyclic) bond motifs is 1. The molecule has 23 heavy (non-hydrogen) atoms. The third kappa shape index (κ3) is 2.60. The van der Waals surface area contributed by atoms with Crippen LogP contribution in [0.3, 0.4) is 0 Å². The van der Waals surface area contributed by atoms with Crippen molar-refractivity contribution in [2.24, 2.45) is 0 Å². The fourth-order valence-electron chi connectivity index (χ4n) is 2.56. The van der Waals surface area contributed by atoms with Crippen LogP contribution < -0.4 is 0 Å². The zero-order valence-electron chi connectivity index (χ0n) is 12.8. The fourth-order valence-corrected chi connectivity index (χ4v) is 2.68. The van der Waals surface area contributed by atoms with Gasteiger partial charge in [-0.05, 0) is 43.7 Å². The van der Waals surface area contributed by atoms with Crippen LogP contribution in [0.2, 0.25) is 5.02 Å². The average molecular weight is 334 g/mol. The van der Waals surface area contributed by atoms with Crippen LogP contribution in [0.4, 0.5) is 0 Å². The van der Waals surface area contributed by atoms with Crippen LogP contribution in [0.15, 0.2) is 24.3 Å². The summed E-state index contributed by atoms with van der Waals surface area (Å²) in [5, 5.41) is 13.4. The summed E-state index contributed by atoms with van der Waals surface area (Å²) in [6.07, 6.45) is 0. The number of ether oxygens (including phenoxy) is 1. The maximum absolute atomic E-state index is 12.2. The number of carbonyl (C=O) groups excluding carboxylic acids is 1. The summed E-state index contributed by atoms with van der Waals surface area (Å²) in [4.78, 5) is 16.7. The molecular weight excluding hydrogens is 318 g/mol. The van der Waals surface area contributed by atoms with Crippen molar-refractivity contribution in [1.29, 1.82) is 0 Å². The first-order valence-electron chi connectivity index (χ1n) is 7.20. The molecule has 0 radical (unpaired) electrons. The highest BCUT2D eigenvalue weighted by atomic mass is 35.5. The third-order valence-corrected chi connectivity index (χ3v) is 3.95. The number of H-pyrrole nitrogens is 1. The van der Waals surface area contributed by atoms with Crippen LogP contribution in [0.5, 0.6) is 0 Å². The second-order valence-electron chi connectivity index (χ2n) is 5.06. The van der Waals surface area contributed by atoms with Crippen LogP contribution in [0, 0.1) is 6.92 Å². The van der Waals surface area contributed by atoms with Gasteiger partial charge < -0.3 is 9.84 Å². The lowest BCUT2D eigenvalue weighted by Gasteiger charge is -2.01. The number of hydrogen-bond acceptors (Lipinski definition) is 4. The van der Waals surface area contributed by atoms with Crippen molar-refractivity contribution in [1.82, 2.24) is 14.6 Å². The predicted molar refractivity (Wildman–Crippen MR) is 86.6 cm³/mol. The van der Waals surface area contributed by atoms with Crippen LogP contribution in [-0.4, -0.2) is 32.3 Å². The second kappa shape index (κ2) is 6.06. The minimum Gasteiger partial charge on any atom is -0.462 e. The van der Waals surface area contributed by atoms with E-state index in [1.807, 2.05) is 12.1 Å². The van der Waals surface area contributed by atoms with Crippen LogP contribution >= 0.6 is 11.6 Å². The number of carbonyl (C=O) groups is 1. The van der Waals surface area contributed by atoms with Crippen molar-refractivity contribution in [2.75, 3.05) is 6.61 Å². The van der Waals surface area contributed by atoms with Gasteiger partial charge in [-0.3, -0.25) is 5.10 Å². The Morgan fingerprint density at radius 2 is 2.09 bits per heavy atom. The van der Waals surface area contributed by atoms with E-state index in [-0.39, 0.29) is 13.2 Å². The number of nitrogens with one attached hydrogen (secondary N) is 1. The molecule has 0 unspecified atom stereocenters. The number of benzene rings is 1. The van der Waals surface area contributed by atoms with Crippen molar-refractivity contribution >= 4 is 23.2 Å². The zero-order valence-corrected chi connectivity index (χ0v) is 13.5. The van der Waals surface area contributed by atoms with Crippen LogP contribution in [0.25, 0.3) is 17.0 Å². The van der Waals surface area contributed by atoms with Gasteiger partial charge in [0.05, 0.1) is 18.9 Å². The number of esters is 1. The highest BCUT2D eigenvalue weighted by Gasteiger charge is 2.24. The number of aliphatic hydroxyl groups excluding tert-OH is 1. The Kier molecular flexibility index (Phi) is 4.11. The number of aromatic amines is 1. The van der Waals surface area contributed by atoms with E-state index in [4.69, 9.17) is 16.3 Å². The SMILES string of the molecule is CCOC(=O)c1c(C)c(CO)n2[nH]c(-c3ccc(Cl)cc3)nc12. The van der Waals surface area contributed by atoms with Crippen molar-refractivity contribution in [3.63, 3.8) is 0 Å². The normalized spacial score (nSPS) is 11.1. The van der Waals surface area contributed by atoms with E-state index >= 15 is 0 Å². The number of aliphatic hydroxyl groups is 1. The molecule has 0 aliphatic rings. The molecule has 0 bridgehead atoms. The summed E-state index contributed by atoms with van der Waals surface area (Å²) in [6, 6.07) is 7.19. The number of rotatable bonds is 4.